The van der Waals surface area contributed by atoms with Gasteiger partial charge in [0.05, 0.1) is 24.6 Å². The summed E-state index contributed by atoms with van der Waals surface area (Å²) in [6, 6.07) is 15.7. The first-order valence-electron chi connectivity index (χ1n) is 9.29. The summed E-state index contributed by atoms with van der Waals surface area (Å²) in [5.74, 6) is 1.38. The van der Waals surface area contributed by atoms with E-state index in [1.54, 1.807) is 13.2 Å². The molecule has 3 rings (SSSR count). The van der Waals surface area contributed by atoms with Gasteiger partial charge in [0.25, 0.3) is 0 Å². The van der Waals surface area contributed by atoms with E-state index < -0.39 is 5.54 Å². The summed E-state index contributed by atoms with van der Waals surface area (Å²) >= 11 is 1.28. The number of nitriles is 1. The minimum atomic E-state index is -0.908. The van der Waals surface area contributed by atoms with Gasteiger partial charge in [-0.1, -0.05) is 55.9 Å². The maximum atomic E-state index is 12.4. The molecule has 1 N–H and O–H groups in total. The van der Waals surface area contributed by atoms with Crippen molar-refractivity contribution < 1.29 is 9.21 Å². The quantitative estimate of drug-likeness (QED) is 0.569. The number of thioether (sulfide) groups is 1. The Morgan fingerprint density at radius 2 is 2.03 bits per heavy atom. The summed E-state index contributed by atoms with van der Waals surface area (Å²) in [5, 5.41) is 21.4. The maximum Gasteiger partial charge on any atom is 0.231 e. The van der Waals surface area contributed by atoms with Gasteiger partial charge in [-0.15, -0.1) is 10.2 Å². The number of aromatic nitrogens is 3. The summed E-state index contributed by atoms with van der Waals surface area (Å²) in [6.07, 6.45) is 1.62. The molecule has 0 aliphatic heterocycles. The van der Waals surface area contributed by atoms with Crippen LogP contribution in [0.2, 0.25) is 0 Å². The fraction of sp³-hybridized carbons (Fsp3) is 0.333. The van der Waals surface area contributed by atoms with Crippen molar-refractivity contribution in [1.82, 2.24) is 20.1 Å². The molecule has 0 bridgehead atoms. The number of carbonyl (C=O) groups excluding carboxylic acids is 1. The number of carbonyl (C=O) groups is 1. The van der Waals surface area contributed by atoms with E-state index in [0.717, 1.165) is 11.3 Å². The Morgan fingerprint density at radius 1 is 1.28 bits per heavy atom. The highest BCUT2D eigenvalue weighted by Gasteiger charge is 2.30. The van der Waals surface area contributed by atoms with E-state index in [4.69, 9.17) is 4.42 Å². The molecule has 8 heteroatoms. The summed E-state index contributed by atoms with van der Waals surface area (Å²) in [5.41, 5.74) is 0.0222. The molecule has 0 aliphatic carbocycles. The molecule has 0 saturated heterocycles. The van der Waals surface area contributed by atoms with E-state index in [1.165, 1.54) is 11.8 Å². The predicted molar refractivity (Wildman–Crippen MR) is 111 cm³/mol. The van der Waals surface area contributed by atoms with Gasteiger partial charge >= 0.3 is 0 Å². The topological polar surface area (TPSA) is 96.7 Å². The van der Waals surface area contributed by atoms with Crippen LogP contribution in [0.4, 0.5) is 0 Å². The van der Waals surface area contributed by atoms with Crippen LogP contribution in [0.1, 0.15) is 26.5 Å². The molecule has 1 atom stereocenters. The number of hydrogen-bond acceptors (Lipinski definition) is 6. The van der Waals surface area contributed by atoms with Crippen molar-refractivity contribution in [2.75, 3.05) is 5.75 Å². The largest absolute Gasteiger partial charge is 0.467 e. The normalized spacial score (nSPS) is 13.1. The molecule has 1 amide bonds. The Labute approximate surface area is 174 Å². The van der Waals surface area contributed by atoms with E-state index in [9.17, 15) is 10.1 Å². The second-order valence-electron chi connectivity index (χ2n) is 7.14. The monoisotopic (exact) mass is 409 g/mol. The lowest BCUT2D eigenvalue weighted by Gasteiger charge is -2.27. The van der Waals surface area contributed by atoms with Crippen LogP contribution in [0, 0.1) is 17.2 Å². The standard InChI is InChI=1S/C21H23N5O2S/c1-15(2)21(3,14-22)23-18(27)13-29-20-25-24-19(16-8-5-4-6-9-16)26(20)12-17-10-7-11-28-17/h4-11,15H,12-13H2,1-3H3,(H,23,27)/t21-/m0/s1. The highest BCUT2D eigenvalue weighted by molar-refractivity contribution is 7.99. The van der Waals surface area contributed by atoms with Crippen molar-refractivity contribution in [2.45, 2.75) is 38.0 Å². The lowest BCUT2D eigenvalue weighted by atomic mass is 9.90. The van der Waals surface area contributed by atoms with E-state index in [1.807, 2.05) is 60.9 Å². The number of rotatable bonds is 8. The van der Waals surface area contributed by atoms with Gasteiger partial charge in [-0.2, -0.15) is 5.26 Å². The van der Waals surface area contributed by atoms with Gasteiger partial charge in [0.15, 0.2) is 11.0 Å². The van der Waals surface area contributed by atoms with Crippen LogP contribution < -0.4 is 5.32 Å². The molecular formula is C21H23N5O2S. The van der Waals surface area contributed by atoms with E-state index in [2.05, 4.69) is 21.6 Å². The smallest absolute Gasteiger partial charge is 0.231 e. The molecule has 0 saturated carbocycles. The molecule has 0 unspecified atom stereocenters. The van der Waals surface area contributed by atoms with Gasteiger partial charge in [0, 0.05) is 5.56 Å². The SMILES string of the molecule is CC(C)[C@](C)(C#N)NC(=O)CSc1nnc(-c2ccccc2)n1Cc1ccco1. The second kappa shape index (κ2) is 8.97. The zero-order valence-electron chi connectivity index (χ0n) is 16.6. The lowest BCUT2D eigenvalue weighted by Crippen LogP contribution is -2.49. The van der Waals surface area contributed by atoms with Crippen LogP contribution in [0.5, 0.6) is 0 Å². The molecule has 1 aromatic carbocycles. The Hall–Kier alpha value is -3.05. The summed E-state index contributed by atoms with van der Waals surface area (Å²) in [4.78, 5) is 12.4. The molecule has 7 nitrogen and oxygen atoms in total. The van der Waals surface area contributed by atoms with Crippen LogP contribution in [-0.2, 0) is 11.3 Å². The molecule has 29 heavy (non-hydrogen) atoms. The Bertz CT molecular complexity index is 992. The van der Waals surface area contributed by atoms with Crippen LogP contribution in [-0.4, -0.2) is 32.0 Å². The average molecular weight is 410 g/mol. The molecule has 0 spiro atoms. The van der Waals surface area contributed by atoms with Crippen molar-refractivity contribution in [3.63, 3.8) is 0 Å². The minimum absolute atomic E-state index is 0.00580. The Balaban J connectivity index is 1.79. The second-order valence-corrected chi connectivity index (χ2v) is 8.09. The van der Waals surface area contributed by atoms with Crippen molar-refractivity contribution in [3.8, 4) is 17.5 Å². The zero-order valence-corrected chi connectivity index (χ0v) is 17.4. The number of benzene rings is 1. The minimum Gasteiger partial charge on any atom is -0.467 e. The van der Waals surface area contributed by atoms with Gasteiger partial charge in [-0.3, -0.25) is 9.36 Å². The Morgan fingerprint density at radius 3 is 2.66 bits per heavy atom. The summed E-state index contributed by atoms with van der Waals surface area (Å²) in [7, 11) is 0. The number of furan rings is 1. The first-order chi connectivity index (χ1) is 13.9. The highest BCUT2D eigenvalue weighted by Crippen LogP contribution is 2.25. The molecule has 2 aromatic heterocycles. The molecule has 2 heterocycles. The molecule has 0 aliphatic rings. The number of amides is 1. The summed E-state index contributed by atoms with van der Waals surface area (Å²) < 4.78 is 7.41. The Kier molecular flexibility index (Phi) is 6.39. The maximum absolute atomic E-state index is 12.4. The van der Waals surface area contributed by atoms with Gasteiger partial charge in [0.2, 0.25) is 5.91 Å². The third kappa shape index (κ3) is 4.87. The molecule has 0 radical (unpaired) electrons. The third-order valence-electron chi connectivity index (χ3n) is 4.76. The third-order valence-corrected chi connectivity index (χ3v) is 5.73. The number of nitrogens with zero attached hydrogens (tertiary/aromatic N) is 4. The van der Waals surface area contributed by atoms with Crippen molar-refractivity contribution in [2.24, 2.45) is 5.92 Å². The van der Waals surface area contributed by atoms with E-state index >= 15 is 0 Å². The van der Waals surface area contributed by atoms with Gasteiger partial charge < -0.3 is 9.73 Å². The van der Waals surface area contributed by atoms with Gasteiger partial charge in [-0.25, -0.2) is 0 Å². The van der Waals surface area contributed by atoms with Crippen molar-refractivity contribution in [3.05, 3.63) is 54.5 Å². The first kappa shape index (κ1) is 20.7. The first-order valence-corrected chi connectivity index (χ1v) is 10.3. The molecule has 150 valence electrons. The number of nitrogens with one attached hydrogen (secondary N) is 1. The molecule has 0 fully saturated rings. The molecule has 3 aromatic rings. The predicted octanol–water partition coefficient (Wildman–Crippen LogP) is 3.73. The van der Waals surface area contributed by atoms with Crippen LogP contribution in [0.15, 0.2) is 58.3 Å². The zero-order chi connectivity index (χ0) is 20.9. The molecular weight excluding hydrogens is 386 g/mol. The van der Waals surface area contributed by atoms with Crippen LogP contribution in [0.3, 0.4) is 0 Å². The van der Waals surface area contributed by atoms with Crippen LogP contribution >= 0.6 is 11.8 Å². The lowest BCUT2D eigenvalue weighted by molar-refractivity contribution is -0.120. The van der Waals surface area contributed by atoms with E-state index in [-0.39, 0.29) is 17.6 Å². The summed E-state index contributed by atoms with van der Waals surface area (Å²) in [6.45, 7) is 5.99. The fourth-order valence-corrected chi connectivity index (χ4v) is 3.39. The van der Waals surface area contributed by atoms with Gasteiger partial charge in [-0.05, 0) is 25.0 Å². The fourth-order valence-electron chi connectivity index (χ4n) is 2.65. The van der Waals surface area contributed by atoms with Gasteiger partial charge in [0.1, 0.15) is 11.3 Å². The highest BCUT2D eigenvalue weighted by atomic mass is 32.2. The van der Waals surface area contributed by atoms with Crippen molar-refractivity contribution in [1.29, 1.82) is 5.26 Å². The van der Waals surface area contributed by atoms with Crippen molar-refractivity contribution >= 4 is 17.7 Å². The van der Waals surface area contributed by atoms with Crippen LogP contribution in [0.25, 0.3) is 11.4 Å². The van der Waals surface area contributed by atoms with E-state index in [0.29, 0.717) is 17.5 Å². The average Bonchev–Trinajstić information content (AvgIpc) is 3.37. The number of hydrogen-bond donors (Lipinski definition) is 1.